The normalized spacial score (nSPS) is 11.0. The van der Waals surface area contributed by atoms with Crippen LogP contribution in [0.25, 0.3) is 10.2 Å². The van der Waals surface area contributed by atoms with Gasteiger partial charge < -0.3 is 5.32 Å². The van der Waals surface area contributed by atoms with Crippen LogP contribution in [0.4, 0.5) is 28.4 Å². The second kappa shape index (κ2) is 4.75. The van der Waals surface area contributed by atoms with Gasteiger partial charge in [0, 0.05) is 6.07 Å². The van der Waals surface area contributed by atoms with Gasteiger partial charge in [-0.3, -0.25) is 0 Å². The van der Waals surface area contributed by atoms with Crippen molar-refractivity contribution in [2.45, 2.75) is 0 Å². The molecule has 0 aliphatic carbocycles. The van der Waals surface area contributed by atoms with E-state index in [9.17, 15) is 17.6 Å². The third-order valence-electron chi connectivity index (χ3n) is 2.63. The number of nitrogens with zero attached hydrogens (tertiary/aromatic N) is 1. The van der Waals surface area contributed by atoms with Crippen molar-refractivity contribution >= 4 is 32.4 Å². The van der Waals surface area contributed by atoms with Crippen LogP contribution in [0, 0.1) is 23.3 Å². The lowest BCUT2D eigenvalue weighted by atomic mass is 10.3. The molecule has 0 saturated heterocycles. The molecule has 0 amide bonds. The SMILES string of the molecule is Fc1ccc2sc(Nc3ccc(F)c(F)c3F)nc2c1. The molecule has 0 bridgehead atoms. The summed E-state index contributed by atoms with van der Waals surface area (Å²) in [6.45, 7) is 0. The van der Waals surface area contributed by atoms with Crippen LogP contribution in [0.2, 0.25) is 0 Å². The van der Waals surface area contributed by atoms with Crippen molar-refractivity contribution in [3.63, 3.8) is 0 Å². The Kier molecular flexibility index (Phi) is 3.06. The van der Waals surface area contributed by atoms with Crippen LogP contribution >= 0.6 is 11.3 Å². The molecular weight excluding hydrogens is 292 g/mol. The summed E-state index contributed by atoms with van der Waals surface area (Å²) < 4.78 is 53.1. The van der Waals surface area contributed by atoms with Gasteiger partial charge in [-0.05, 0) is 24.3 Å². The Hall–Kier alpha value is -2.15. The maximum absolute atomic E-state index is 13.5. The second-order valence-corrected chi connectivity index (χ2v) is 5.01. The van der Waals surface area contributed by atoms with Crippen molar-refractivity contribution in [3.8, 4) is 0 Å². The predicted molar refractivity (Wildman–Crippen MR) is 69.2 cm³/mol. The van der Waals surface area contributed by atoms with Crippen molar-refractivity contribution in [2.24, 2.45) is 0 Å². The number of aromatic nitrogens is 1. The third-order valence-corrected chi connectivity index (χ3v) is 3.58. The van der Waals surface area contributed by atoms with Gasteiger partial charge in [0.05, 0.1) is 15.9 Å². The lowest BCUT2D eigenvalue weighted by molar-refractivity contribution is 0.449. The predicted octanol–water partition coefficient (Wildman–Crippen LogP) is 4.60. The summed E-state index contributed by atoms with van der Waals surface area (Å²) in [5, 5.41) is 2.81. The van der Waals surface area contributed by atoms with E-state index in [0.29, 0.717) is 10.2 Å². The van der Waals surface area contributed by atoms with Crippen LogP contribution in [-0.2, 0) is 0 Å². The van der Waals surface area contributed by atoms with Gasteiger partial charge in [-0.1, -0.05) is 11.3 Å². The van der Waals surface area contributed by atoms with Crippen LogP contribution in [0.3, 0.4) is 0 Å². The topological polar surface area (TPSA) is 24.9 Å². The summed E-state index contributed by atoms with van der Waals surface area (Å²) in [6, 6.07) is 5.93. The van der Waals surface area contributed by atoms with Crippen molar-refractivity contribution in [2.75, 3.05) is 5.32 Å². The maximum atomic E-state index is 13.5. The van der Waals surface area contributed by atoms with Gasteiger partial charge in [-0.25, -0.2) is 22.5 Å². The molecule has 0 atom stereocenters. The molecule has 0 aliphatic heterocycles. The van der Waals surface area contributed by atoms with E-state index in [1.165, 1.54) is 18.2 Å². The molecule has 20 heavy (non-hydrogen) atoms. The van der Waals surface area contributed by atoms with Crippen LogP contribution in [0.1, 0.15) is 0 Å². The number of fused-ring (bicyclic) bond motifs is 1. The number of anilines is 2. The number of benzene rings is 2. The summed E-state index contributed by atoms with van der Waals surface area (Å²) in [5.41, 5.74) is 0.170. The zero-order valence-corrected chi connectivity index (χ0v) is 10.6. The van der Waals surface area contributed by atoms with Gasteiger partial charge in [0.25, 0.3) is 0 Å². The fourth-order valence-corrected chi connectivity index (χ4v) is 2.55. The molecule has 0 aliphatic rings. The lowest BCUT2D eigenvalue weighted by Crippen LogP contribution is -1.98. The van der Waals surface area contributed by atoms with Crippen LogP contribution in [0.15, 0.2) is 30.3 Å². The molecule has 102 valence electrons. The van der Waals surface area contributed by atoms with Gasteiger partial charge >= 0.3 is 0 Å². The Bertz CT molecular complexity index is 800. The Morgan fingerprint density at radius 2 is 1.75 bits per heavy atom. The fourth-order valence-electron chi connectivity index (χ4n) is 1.69. The zero-order chi connectivity index (χ0) is 14.3. The van der Waals surface area contributed by atoms with Gasteiger partial charge in [0.1, 0.15) is 5.82 Å². The van der Waals surface area contributed by atoms with Gasteiger partial charge in [0.2, 0.25) is 0 Å². The molecule has 2 nitrogen and oxygen atoms in total. The summed E-state index contributed by atoms with van der Waals surface area (Å²) in [6.07, 6.45) is 0. The number of hydrogen-bond donors (Lipinski definition) is 1. The maximum Gasteiger partial charge on any atom is 0.196 e. The van der Waals surface area contributed by atoms with Crippen molar-refractivity contribution in [1.82, 2.24) is 4.98 Å². The van der Waals surface area contributed by atoms with Gasteiger partial charge in [-0.2, -0.15) is 0 Å². The van der Waals surface area contributed by atoms with E-state index >= 15 is 0 Å². The standard InChI is InChI=1S/C13H6F4N2S/c14-6-1-4-10-9(5-6)19-13(20-10)18-8-3-2-7(15)11(16)12(8)17/h1-5H,(H,18,19). The average Bonchev–Trinajstić information content (AvgIpc) is 2.81. The first kappa shape index (κ1) is 12.9. The zero-order valence-electron chi connectivity index (χ0n) is 9.75. The van der Waals surface area contributed by atoms with Crippen molar-refractivity contribution in [1.29, 1.82) is 0 Å². The molecule has 3 aromatic rings. The monoisotopic (exact) mass is 298 g/mol. The summed E-state index contributed by atoms with van der Waals surface area (Å²) in [4.78, 5) is 4.05. The van der Waals surface area contributed by atoms with Crippen molar-refractivity contribution in [3.05, 3.63) is 53.6 Å². The van der Waals surface area contributed by atoms with E-state index in [1.54, 1.807) is 0 Å². The Balaban J connectivity index is 1.99. The summed E-state index contributed by atoms with van der Waals surface area (Å²) in [5.74, 6) is -4.58. The number of thiazole rings is 1. The second-order valence-electron chi connectivity index (χ2n) is 3.98. The molecule has 2 aromatic carbocycles. The van der Waals surface area contributed by atoms with Crippen LogP contribution < -0.4 is 5.32 Å². The Morgan fingerprint density at radius 1 is 0.950 bits per heavy atom. The lowest BCUT2D eigenvalue weighted by Gasteiger charge is -2.04. The molecular formula is C13H6F4N2S. The van der Waals surface area contributed by atoms with E-state index < -0.39 is 23.3 Å². The van der Waals surface area contributed by atoms with Crippen molar-refractivity contribution < 1.29 is 17.6 Å². The fraction of sp³-hybridized carbons (Fsp3) is 0. The first-order valence-electron chi connectivity index (χ1n) is 5.51. The molecule has 1 heterocycles. The van der Waals surface area contributed by atoms with Gasteiger partial charge in [-0.15, -0.1) is 0 Å². The number of rotatable bonds is 2. The first-order valence-corrected chi connectivity index (χ1v) is 6.33. The first-order chi connectivity index (χ1) is 9.54. The van der Waals surface area contributed by atoms with Gasteiger partial charge in [0.15, 0.2) is 22.6 Å². The molecule has 0 radical (unpaired) electrons. The smallest absolute Gasteiger partial charge is 0.196 e. The van der Waals surface area contributed by atoms with E-state index in [2.05, 4.69) is 10.3 Å². The quantitative estimate of drug-likeness (QED) is 0.552. The van der Waals surface area contributed by atoms with E-state index in [0.717, 1.165) is 23.5 Å². The van der Waals surface area contributed by atoms with Crippen LogP contribution in [0.5, 0.6) is 0 Å². The number of halogens is 4. The minimum Gasteiger partial charge on any atom is -0.329 e. The molecule has 7 heteroatoms. The third kappa shape index (κ3) is 2.20. The molecule has 0 fully saturated rings. The minimum absolute atomic E-state index is 0.233. The highest BCUT2D eigenvalue weighted by molar-refractivity contribution is 7.22. The van der Waals surface area contributed by atoms with E-state index in [1.807, 2.05) is 0 Å². The summed E-state index contributed by atoms with van der Waals surface area (Å²) in [7, 11) is 0. The molecule has 0 spiro atoms. The highest BCUT2D eigenvalue weighted by atomic mass is 32.1. The average molecular weight is 298 g/mol. The molecule has 1 N–H and O–H groups in total. The van der Waals surface area contributed by atoms with E-state index in [4.69, 9.17) is 0 Å². The van der Waals surface area contributed by atoms with E-state index in [-0.39, 0.29) is 10.8 Å². The minimum atomic E-state index is -1.55. The largest absolute Gasteiger partial charge is 0.329 e. The van der Waals surface area contributed by atoms with Crippen LogP contribution in [-0.4, -0.2) is 4.98 Å². The Morgan fingerprint density at radius 3 is 2.55 bits per heavy atom. The highest BCUT2D eigenvalue weighted by Crippen LogP contribution is 2.30. The highest BCUT2D eigenvalue weighted by Gasteiger charge is 2.14. The molecule has 3 rings (SSSR count). The molecule has 0 saturated carbocycles. The Labute approximate surface area is 114 Å². The molecule has 1 aromatic heterocycles. The number of nitrogens with one attached hydrogen (secondary N) is 1. The molecule has 0 unspecified atom stereocenters. The summed E-state index contributed by atoms with van der Waals surface area (Å²) >= 11 is 1.15. The number of hydrogen-bond acceptors (Lipinski definition) is 3.